The van der Waals surface area contributed by atoms with Gasteiger partial charge in [0.15, 0.2) is 0 Å². The zero-order chi connectivity index (χ0) is 15.4. The molecule has 0 bridgehead atoms. The number of halogens is 2. The molecule has 0 aromatic heterocycles. The molecule has 0 heterocycles. The summed E-state index contributed by atoms with van der Waals surface area (Å²) in [4.78, 5) is 0. The first-order valence-electron chi connectivity index (χ1n) is 6.23. The predicted molar refractivity (Wildman–Crippen MR) is 75.1 cm³/mol. The Labute approximate surface area is 121 Å². The molecule has 0 aliphatic rings. The molecule has 0 aliphatic heterocycles. The summed E-state index contributed by atoms with van der Waals surface area (Å²) >= 11 is 0. The molecule has 2 aromatic rings. The number of hydrogen-bond donors (Lipinski definition) is 2. The summed E-state index contributed by atoms with van der Waals surface area (Å²) < 4.78 is 38.1. The molecule has 0 unspecified atom stereocenters. The standard InChI is InChI=1S/C15H16F2N2O2/c1-20-9-3-5-11(13(16)7-9)15(19-18)12-6-4-10(21-2)8-14(12)17/h3-8,15,19H,18H2,1-2H3. The molecule has 0 saturated heterocycles. The summed E-state index contributed by atoms with van der Waals surface area (Å²) in [7, 11) is 2.88. The molecule has 21 heavy (non-hydrogen) atoms. The summed E-state index contributed by atoms with van der Waals surface area (Å²) in [6.07, 6.45) is 0. The van der Waals surface area contributed by atoms with E-state index in [-0.39, 0.29) is 11.1 Å². The van der Waals surface area contributed by atoms with Crippen LogP contribution in [0.5, 0.6) is 11.5 Å². The van der Waals surface area contributed by atoms with Crippen LogP contribution in [0.15, 0.2) is 36.4 Å². The van der Waals surface area contributed by atoms with Gasteiger partial charge in [-0.1, -0.05) is 12.1 Å². The smallest absolute Gasteiger partial charge is 0.132 e. The number of hydrogen-bond acceptors (Lipinski definition) is 4. The van der Waals surface area contributed by atoms with Gasteiger partial charge in [0.25, 0.3) is 0 Å². The topological polar surface area (TPSA) is 56.5 Å². The van der Waals surface area contributed by atoms with Crippen molar-refractivity contribution in [1.29, 1.82) is 0 Å². The van der Waals surface area contributed by atoms with E-state index in [4.69, 9.17) is 15.3 Å². The van der Waals surface area contributed by atoms with Crippen LogP contribution in [0.1, 0.15) is 17.2 Å². The Morgan fingerprint density at radius 1 is 0.905 bits per heavy atom. The molecule has 0 fully saturated rings. The number of ether oxygens (including phenoxy) is 2. The van der Waals surface area contributed by atoms with Crippen LogP contribution in [0.2, 0.25) is 0 Å². The predicted octanol–water partition coefficient (Wildman–Crippen LogP) is 2.53. The van der Waals surface area contributed by atoms with Crippen LogP contribution in [0.25, 0.3) is 0 Å². The molecule has 0 radical (unpaired) electrons. The first kappa shape index (κ1) is 15.2. The number of rotatable bonds is 5. The van der Waals surface area contributed by atoms with Crippen molar-refractivity contribution in [3.8, 4) is 11.5 Å². The van der Waals surface area contributed by atoms with Crippen molar-refractivity contribution < 1.29 is 18.3 Å². The van der Waals surface area contributed by atoms with E-state index in [0.717, 1.165) is 0 Å². The zero-order valence-electron chi connectivity index (χ0n) is 11.7. The van der Waals surface area contributed by atoms with Gasteiger partial charge in [0, 0.05) is 23.3 Å². The quantitative estimate of drug-likeness (QED) is 0.657. The average Bonchev–Trinajstić information content (AvgIpc) is 2.50. The minimum absolute atomic E-state index is 0.224. The van der Waals surface area contributed by atoms with Gasteiger partial charge in [-0.2, -0.15) is 0 Å². The van der Waals surface area contributed by atoms with Crippen molar-refractivity contribution in [3.05, 3.63) is 59.2 Å². The molecule has 3 N–H and O–H groups in total. The minimum Gasteiger partial charge on any atom is -0.497 e. The van der Waals surface area contributed by atoms with E-state index in [9.17, 15) is 8.78 Å². The summed E-state index contributed by atoms with van der Waals surface area (Å²) in [5, 5.41) is 0. The third-order valence-electron chi connectivity index (χ3n) is 3.20. The second kappa shape index (κ2) is 6.51. The van der Waals surface area contributed by atoms with Gasteiger partial charge in [0.1, 0.15) is 23.1 Å². The van der Waals surface area contributed by atoms with Gasteiger partial charge in [-0.25, -0.2) is 14.2 Å². The van der Waals surface area contributed by atoms with E-state index in [1.54, 1.807) is 12.1 Å². The Balaban J connectivity index is 2.44. The lowest BCUT2D eigenvalue weighted by atomic mass is 9.98. The van der Waals surface area contributed by atoms with Crippen LogP contribution >= 0.6 is 0 Å². The van der Waals surface area contributed by atoms with Gasteiger partial charge in [-0.3, -0.25) is 5.84 Å². The van der Waals surface area contributed by atoms with E-state index >= 15 is 0 Å². The second-order valence-electron chi connectivity index (χ2n) is 4.37. The van der Waals surface area contributed by atoms with Gasteiger partial charge >= 0.3 is 0 Å². The molecular formula is C15H16F2N2O2. The highest BCUT2D eigenvalue weighted by Gasteiger charge is 2.20. The van der Waals surface area contributed by atoms with Gasteiger partial charge in [0.2, 0.25) is 0 Å². The maximum atomic E-state index is 14.1. The fraction of sp³-hybridized carbons (Fsp3) is 0.200. The van der Waals surface area contributed by atoms with E-state index in [2.05, 4.69) is 5.43 Å². The summed E-state index contributed by atoms with van der Waals surface area (Å²) in [5.74, 6) is 5.15. The molecule has 4 nitrogen and oxygen atoms in total. The lowest BCUT2D eigenvalue weighted by molar-refractivity contribution is 0.408. The first-order valence-corrected chi connectivity index (χ1v) is 6.23. The van der Waals surface area contributed by atoms with Crippen molar-refractivity contribution in [1.82, 2.24) is 5.43 Å². The fourth-order valence-electron chi connectivity index (χ4n) is 2.08. The summed E-state index contributed by atoms with van der Waals surface area (Å²) in [6.45, 7) is 0. The van der Waals surface area contributed by atoms with E-state index in [1.165, 1.54) is 38.5 Å². The third-order valence-corrected chi connectivity index (χ3v) is 3.20. The number of hydrazine groups is 1. The Morgan fingerprint density at radius 3 is 1.62 bits per heavy atom. The molecule has 2 aromatic carbocycles. The number of methoxy groups -OCH3 is 2. The van der Waals surface area contributed by atoms with Crippen molar-refractivity contribution in [3.63, 3.8) is 0 Å². The number of nitrogens with two attached hydrogens (primary N) is 1. The SMILES string of the molecule is COc1ccc(C(NN)c2ccc(OC)cc2F)c(F)c1. The normalized spacial score (nSPS) is 10.8. The lowest BCUT2D eigenvalue weighted by Gasteiger charge is -2.19. The van der Waals surface area contributed by atoms with Gasteiger partial charge in [-0.05, 0) is 12.1 Å². The van der Waals surface area contributed by atoms with Gasteiger partial charge < -0.3 is 9.47 Å². The van der Waals surface area contributed by atoms with Crippen molar-refractivity contribution >= 4 is 0 Å². The van der Waals surface area contributed by atoms with Crippen LogP contribution < -0.4 is 20.7 Å². The zero-order valence-corrected chi connectivity index (χ0v) is 11.7. The van der Waals surface area contributed by atoms with E-state index in [0.29, 0.717) is 11.5 Å². The Kier molecular flexibility index (Phi) is 4.72. The van der Waals surface area contributed by atoms with E-state index in [1.807, 2.05) is 0 Å². The monoisotopic (exact) mass is 294 g/mol. The summed E-state index contributed by atoms with van der Waals surface area (Å²) in [5.41, 5.74) is 2.88. The van der Waals surface area contributed by atoms with Crippen LogP contribution in [-0.4, -0.2) is 14.2 Å². The Hall–Kier alpha value is -2.18. The molecular weight excluding hydrogens is 278 g/mol. The van der Waals surface area contributed by atoms with Gasteiger partial charge in [0.05, 0.1) is 20.3 Å². The minimum atomic E-state index is -0.818. The van der Waals surface area contributed by atoms with Crippen LogP contribution in [0.4, 0.5) is 8.78 Å². The maximum Gasteiger partial charge on any atom is 0.132 e. The van der Waals surface area contributed by atoms with Crippen molar-refractivity contribution in [2.45, 2.75) is 6.04 Å². The molecule has 112 valence electrons. The maximum absolute atomic E-state index is 14.1. The van der Waals surface area contributed by atoms with Crippen molar-refractivity contribution in [2.75, 3.05) is 14.2 Å². The van der Waals surface area contributed by atoms with E-state index < -0.39 is 17.7 Å². The highest BCUT2D eigenvalue weighted by atomic mass is 19.1. The molecule has 0 atom stereocenters. The Bertz CT molecular complexity index is 582. The summed E-state index contributed by atoms with van der Waals surface area (Å²) in [6, 6.07) is 7.81. The molecule has 6 heteroatoms. The van der Waals surface area contributed by atoms with Crippen LogP contribution in [0.3, 0.4) is 0 Å². The lowest BCUT2D eigenvalue weighted by Crippen LogP contribution is -2.30. The van der Waals surface area contributed by atoms with Gasteiger partial charge in [-0.15, -0.1) is 0 Å². The first-order chi connectivity index (χ1) is 10.1. The molecule has 0 aliphatic carbocycles. The number of benzene rings is 2. The average molecular weight is 294 g/mol. The van der Waals surface area contributed by atoms with Crippen LogP contribution in [-0.2, 0) is 0 Å². The highest BCUT2D eigenvalue weighted by Crippen LogP contribution is 2.29. The molecule has 0 saturated carbocycles. The fourth-order valence-corrected chi connectivity index (χ4v) is 2.08. The van der Waals surface area contributed by atoms with Crippen LogP contribution in [0, 0.1) is 11.6 Å². The molecule has 0 spiro atoms. The number of nitrogens with one attached hydrogen (secondary N) is 1. The largest absolute Gasteiger partial charge is 0.497 e. The highest BCUT2D eigenvalue weighted by molar-refractivity contribution is 5.39. The Morgan fingerprint density at radius 2 is 1.33 bits per heavy atom. The second-order valence-corrected chi connectivity index (χ2v) is 4.37. The third kappa shape index (κ3) is 3.12. The molecule has 2 rings (SSSR count). The van der Waals surface area contributed by atoms with Crippen molar-refractivity contribution in [2.24, 2.45) is 5.84 Å². The molecule has 0 amide bonds.